The Bertz CT molecular complexity index is 219. The maximum atomic E-state index is 11.4. The second-order valence-electron chi connectivity index (χ2n) is 4.22. The first-order chi connectivity index (χ1) is 7.07. The fourth-order valence-corrected chi connectivity index (χ4v) is 3.16. The average Bonchev–Trinajstić information content (AvgIpc) is 2.78. The molecule has 1 amide bonds. The summed E-state index contributed by atoms with van der Waals surface area (Å²) in [5, 5.41) is 0. The van der Waals surface area contributed by atoms with Crippen molar-refractivity contribution in [2.45, 2.75) is 32.4 Å². The van der Waals surface area contributed by atoms with Crippen LogP contribution in [0.4, 0.5) is 0 Å². The highest BCUT2D eigenvalue weighted by atomic mass is 32.2. The van der Waals surface area contributed by atoms with Gasteiger partial charge in [0.15, 0.2) is 0 Å². The van der Waals surface area contributed by atoms with E-state index in [1.165, 1.54) is 17.9 Å². The number of rotatable bonds is 4. The highest BCUT2D eigenvalue weighted by Gasteiger charge is 2.29. The summed E-state index contributed by atoms with van der Waals surface area (Å²) in [6.07, 6.45) is 1.22. The summed E-state index contributed by atoms with van der Waals surface area (Å²) in [6.45, 7) is 4.01. The molecule has 0 aromatic rings. The van der Waals surface area contributed by atoms with Crippen molar-refractivity contribution in [3.05, 3.63) is 0 Å². The fourth-order valence-electron chi connectivity index (χ4n) is 1.88. The SMILES string of the molecule is CC(C(=O)NN)C(C)N(C)C1CCSC1. The van der Waals surface area contributed by atoms with Crippen molar-refractivity contribution in [2.75, 3.05) is 18.6 Å². The predicted octanol–water partition coefficient (Wildman–Crippen LogP) is 0.438. The van der Waals surface area contributed by atoms with Gasteiger partial charge in [-0.2, -0.15) is 11.8 Å². The molecule has 1 aliphatic rings. The molecule has 1 rings (SSSR count). The molecule has 1 fully saturated rings. The third-order valence-electron chi connectivity index (χ3n) is 3.40. The number of nitrogens with two attached hydrogens (primary N) is 1. The highest BCUT2D eigenvalue weighted by molar-refractivity contribution is 7.99. The summed E-state index contributed by atoms with van der Waals surface area (Å²) in [5.74, 6) is 7.41. The van der Waals surface area contributed by atoms with Crippen LogP contribution < -0.4 is 11.3 Å². The van der Waals surface area contributed by atoms with Gasteiger partial charge in [-0.15, -0.1) is 0 Å². The number of nitrogens with zero attached hydrogens (tertiary/aromatic N) is 1. The number of carbonyl (C=O) groups is 1. The first-order valence-corrected chi connectivity index (χ1v) is 6.53. The molecule has 1 aliphatic heterocycles. The number of thioether (sulfide) groups is 1. The predicted molar refractivity (Wildman–Crippen MR) is 64.4 cm³/mol. The van der Waals surface area contributed by atoms with Crippen LogP contribution in [0.15, 0.2) is 0 Å². The molecule has 0 aromatic heterocycles. The molecular weight excluding hydrogens is 210 g/mol. The number of hydrogen-bond donors (Lipinski definition) is 2. The maximum absolute atomic E-state index is 11.4. The Morgan fingerprint density at radius 2 is 2.27 bits per heavy atom. The Balaban J connectivity index is 2.50. The van der Waals surface area contributed by atoms with Gasteiger partial charge in [-0.1, -0.05) is 6.92 Å². The van der Waals surface area contributed by atoms with E-state index < -0.39 is 0 Å². The Morgan fingerprint density at radius 1 is 1.60 bits per heavy atom. The fraction of sp³-hybridized carbons (Fsp3) is 0.900. The van der Waals surface area contributed by atoms with E-state index in [0.29, 0.717) is 6.04 Å². The number of carbonyl (C=O) groups excluding carboxylic acids is 1. The second kappa shape index (κ2) is 5.72. The molecule has 1 heterocycles. The van der Waals surface area contributed by atoms with Gasteiger partial charge in [0.05, 0.1) is 5.92 Å². The zero-order valence-corrected chi connectivity index (χ0v) is 10.5. The second-order valence-corrected chi connectivity index (χ2v) is 5.37. The minimum atomic E-state index is -0.0833. The minimum Gasteiger partial charge on any atom is -0.299 e. The molecule has 3 unspecified atom stereocenters. The highest BCUT2D eigenvalue weighted by Crippen LogP contribution is 2.24. The zero-order valence-electron chi connectivity index (χ0n) is 9.69. The summed E-state index contributed by atoms with van der Waals surface area (Å²) >= 11 is 1.99. The summed E-state index contributed by atoms with van der Waals surface area (Å²) in [4.78, 5) is 13.7. The van der Waals surface area contributed by atoms with Gasteiger partial charge in [0.25, 0.3) is 0 Å². The van der Waals surface area contributed by atoms with Crippen molar-refractivity contribution in [3.8, 4) is 0 Å². The van der Waals surface area contributed by atoms with E-state index >= 15 is 0 Å². The first-order valence-electron chi connectivity index (χ1n) is 5.38. The lowest BCUT2D eigenvalue weighted by atomic mass is 10.00. The van der Waals surface area contributed by atoms with Gasteiger partial charge in [-0.3, -0.25) is 15.1 Å². The Labute approximate surface area is 95.9 Å². The van der Waals surface area contributed by atoms with Crippen LogP contribution in [0.5, 0.6) is 0 Å². The molecule has 0 saturated carbocycles. The van der Waals surface area contributed by atoms with Gasteiger partial charge >= 0.3 is 0 Å². The molecule has 3 atom stereocenters. The summed E-state index contributed by atoms with van der Waals surface area (Å²) in [6, 6.07) is 0.843. The van der Waals surface area contributed by atoms with Crippen molar-refractivity contribution < 1.29 is 4.79 Å². The Kier molecular flexibility index (Phi) is 4.89. The lowest BCUT2D eigenvalue weighted by molar-refractivity contribution is -0.126. The van der Waals surface area contributed by atoms with E-state index in [9.17, 15) is 4.79 Å². The van der Waals surface area contributed by atoms with Gasteiger partial charge < -0.3 is 0 Å². The largest absolute Gasteiger partial charge is 0.299 e. The third-order valence-corrected chi connectivity index (χ3v) is 4.55. The van der Waals surface area contributed by atoms with Crippen molar-refractivity contribution in [3.63, 3.8) is 0 Å². The van der Waals surface area contributed by atoms with Crippen LogP contribution in [-0.4, -0.2) is 41.4 Å². The summed E-state index contributed by atoms with van der Waals surface area (Å²) in [7, 11) is 2.10. The lowest BCUT2D eigenvalue weighted by Gasteiger charge is -2.33. The molecule has 0 spiro atoms. The minimum absolute atomic E-state index is 0.0643. The monoisotopic (exact) mass is 231 g/mol. The smallest absolute Gasteiger partial charge is 0.238 e. The van der Waals surface area contributed by atoms with Gasteiger partial charge in [0.2, 0.25) is 5.91 Å². The molecule has 1 saturated heterocycles. The molecule has 5 heteroatoms. The molecule has 3 N–H and O–H groups in total. The number of hydrogen-bond acceptors (Lipinski definition) is 4. The van der Waals surface area contributed by atoms with Crippen LogP contribution >= 0.6 is 11.8 Å². The van der Waals surface area contributed by atoms with Crippen molar-refractivity contribution in [1.82, 2.24) is 10.3 Å². The normalized spacial score (nSPS) is 25.3. The molecule has 15 heavy (non-hydrogen) atoms. The standard InChI is InChI=1S/C10H21N3OS/c1-7(10(14)12-11)8(2)13(3)9-4-5-15-6-9/h7-9H,4-6,11H2,1-3H3,(H,12,14). The van der Waals surface area contributed by atoms with Gasteiger partial charge in [-0.25, -0.2) is 5.84 Å². The van der Waals surface area contributed by atoms with Crippen molar-refractivity contribution in [1.29, 1.82) is 0 Å². The van der Waals surface area contributed by atoms with E-state index in [1.54, 1.807) is 0 Å². The molecule has 4 nitrogen and oxygen atoms in total. The Hall–Kier alpha value is -0.260. The molecule has 88 valence electrons. The molecule has 0 radical (unpaired) electrons. The van der Waals surface area contributed by atoms with E-state index in [-0.39, 0.29) is 17.9 Å². The average molecular weight is 231 g/mol. The number of amides is 1. The van der Waals surface area contributed by atoms with E-state index in [2.05, 4.69) is 24.3 Å². The van der Waals surface area contributed by atoms with E-state index in [0.717, 1.165) is 0 Å². The summed E-state index contributed by atoms with van der Waals surface area (Å²) in [5.41, 5.74) is 2.22. The number of hydrazine groups is 1. The maximum Gasteiger partial charge on any atom is 0.238 e. The van der Waals surface area contributed by atoms with Crippen molar-refractivity contribution in [2.24, 2.45) is 11.8 Å². The van der Waals surface area contributed by atoms with Gasteiger partial charge in [0.1, 0.15) is 0 Å². The molecular formula is C10H21N3OS. The summed E-state index contributed by atoms with van der Waals surface area (Å²) < 4.78 is 0. The van der Waals surface area contributed by atoms with Crippen molar-refractivity contribution >= 4 is 17.7 Å². The molecule has 0 aromatic carbocycles. The number of nitrogens with one attached hydrogen (secondary N) is 1. The van der Waals surface area contributed by atoms with Gasteiger partial charge in [-0.05, 0) is 26.1 Å². The topological polar surface area (TPSA) is 58.4 Å². The quantitative estimate of drug-likeness (QED) is 0.419. The molecule has 0 bridgehead atoms. The van der Waals surface area contributed by atoms with Crippen LogP contribution in [-0.2, 0) is 4.79 Å². The van der Waals surface area contributed by atoms with Gasteiger partial charge in [0, 0.05) is 17.8 Å². The van der Waals surface area contributed by atoms with Crippen LogP contribution in [0, 0.1) is 5.92 Å². The molecule has 0 aliphatic carbocycles. The first kappa shape index (κ1) is 12.8. The zero-order chi connectivity index (χ0) is 11.4. The van der Waals surface area contributed by atoms with E-state index in [1.807, 2.05) is 18.7 Å². The third kappa shape index (κ3) is 3.09. The van der Waals surface area contributed by atoms with Crippen LogP contribution in [0.1, 0.15) is 20.3 Å². The van der Waals surface area contributed by atoms with E-state index in [4.69, 9.17) is 5.84 Å². The Morgan fingerprint density at radius 3 is 2.73 bits per heavy atom. The van der Waals surface area contributed by atoms with Crippen LogP contribution in [0.3, 0.4) is 0 Å². The van der Waals surface area contributed by atoms with Crippen LogP contribution in [0.2, 0.25) is 0 Å². The van der Waals surface area contributed by atoms with Crippen LogP contribution in [0.25, 0.3) is 0 Å². The lowest BCUT2D eigenvalue weighted by Crippen LogP contribution is -2.48.